The molecule has 2 aromatic heterocycles. The average molecular weight is 279 g/mol. The number of nitrogens with one attached hydrogen (secondary N) is 1. The van der Waals surface area contributed by atoms with Crippen molar-refractivity contribution in [2.75, 3.05) is 5.75 Å². The molecule has 1 N–H and O–H groups in total. The molecule has 0 unspecified atom stereocenters. The number of thioether (sulfide) groups is 1. The first-order valence-electron chi connectivity index (χ1n) is 6.02. The molecular weight excluding hydrogens is 266 g/mol. The molecule has 0 bridgehead atoms. The third-order valence-electron chi connectivity index (χ3n) is 2.76. The van der Waals surface area contributed by atoms with Crippen LogP contribution in [-0.2, 0) is 4.79 Å². The van der Waals surface area contributed by atoms with Crippen LogP contribution in [0, 0.1) is 6.92 Å². The second-order valence-electron chi connectivity index (χ2n) is 4.39. The van der Waals surface area contributed by atoms with Crippen molar-refractivity contribution in [3.63, 3.8) is 0 Å². The third-order valence-corrected chi connectivity index (χ3v) is 3.58. The summed E-state index contributed by atoms with van der Waals surface area (Å²) in [5.41, 5.74) is 0.779. The van der Waals surface area contributed by atoms with Crippen LogP contribution in [0.1, 0.15) is 18.6 Å². The largest absolute Gasteiger partial charge is 0.469 e. The molecule has 1 aliphatic carbocycles. The number of hydrogen-bond donors (Lipinski definition) is 1. The lowest BCUT2D eigenvalue weighted by Gasteiger charge is -1.99. The quantitative estimate of drug-likeness (QED) is 0.843. The summed E-state index contributed by atoms with van der Waals surface area (Å²) >= 11 is 1.24. The topological polar surface area (TPSA) is 81.2 Å². The highest BCUT2D eigenvalue weighted by Gasteiger charge is 2.23. The predicted octanol–water partition coefficient (Wildman–Crippen LogP) is 2.01. The van der Waals surface area contributed by atoms with E-state index >= 15 is 0 Å². The molecule has 1 aliphatic rings. The number of rotatable bonds is 5. The number of carbonyl (C=O) groups excluding carboxylic acids is 1. The first kappa shape index (κ1) is 12.3. The molecule has 2 aromatic rings. The minimum absolute atomic E-state index is 0.00624. The van der Waals surface area contributed by atoms with Gasteiger partial charge in [-0.25, -0.2) is 0 Å². The molecule has 7 heteroatoms. The van der Waals surface area contributed by atoms with Crippen LogP contribution in [0.25, 0.3) is 11.5 Å². The Labute approximate surface area is 114 Å². The van der Waals surface area contributed by atoms with Crippen LogP contribution < -0.4 is 5.32 Å². The van der Waals surface area contributed by atoms with E-state index in [2.05, 4.69) is 15.5 Å². The van der Waals surface area contributed by atoms with Crippen molar-refractivity contribution in [3.8, 4) is 11.5 Å². The zero-order valence-corrected chi connectivity index (χ0v) is 11.2. The summed E-state index contributed by atoms with van der Waals surface area (Å²) in [6.07, 6.45) is 3.74. The Morgan fingerprint density at radius 2 is 2.37 bits per heavy atom. The fourth-order valence-electron chi connectivity index (χ4n) is 1.61. The lowest BCUT2D eigenvalue weighted by atomic mass is 10.3. The van der Waals surface area contributed by atoms with E-state index in [1.165, 1.54) is 11.8 Å². The Morgan fingerprint density at radius 1 is 1.53 bits per heavy atom. The van der Waals surface area contributed by atoms with Crippen molar-refractivity contribution in [2.24, 2.45) is 0 Å². The van der Waals surface area contributed by atoms with Crippen LogP contribution in [-0.4, -0.2) is 27.9 Å². The number of aryl methyl sites for hydroxylation is 1. The van der Waals surface area contributed by atoms with E-state index in [0.29, 0.717) is 22.9 Å². The summed E-state index contributed by atoms with van der Waals surface area (Å²) in [5, 5.41) is 11.1. The van der Waals surface area contributed by atoms with E-state index in [1.54, 1.807) is 12.3 Å². The molecule has 19 heavy (non-hydrogen) atoms. The molecule has 1 amide bonds. The van der Waals surface area contributed by atoms with Crippen LogP contribution in [0.4, 0.5) is 0 Å². The van der Waals surface area contributed by atoms with Gasteiger partial charge in [0.2, 0.25) is 5.91 Å². The van der Waals surface area contributed by atoms with Gasteiger partial charge in [-0.15, -0.1) is 10.2 Å². The Morgan fingerprint density at radius 3 is 3.05 bits per heavy atom. The minimum Gasteiger partial charge on any atom is -0.469 e. The maximum atomic E-state index is 11.5. The molecule has 0 aliphatic heterocycles. The van der Waals surface area contributed by atoms with Gasteiger partial charge >= 0.3 is 0 Å². The lowest BCUT2D eigenvalue weighted by molar-refractivity contribution is -0.118. The molecule has 1 fully saturated rings. The number of amides is 1. The summed E-state index contributed by atoms with van der Waals surface area (Å²) in [5.74, 6) is 1.44. The van der Waals surface area contributed by atoms with Gasteiger partial charge in [-0.3, -0.25) is 4.79 Å². The molecule has 0 spiro atoms. The Kier molecular flexibility index (Phi) is 3.29. The first-order chi connectivity index (χ1) is 9.22. The summed E-state index contributed by atoms with van der Waals surface area (Å²) in [7, 11) is 0. The second kappa shape index (κ2) is 5.08. The van der Waals surface area contributed by atoms with Crippen LogP contribution in [0.15, 0.2) is 26.4 Å². The smallest absolute Gasteiger partial charge is 0.277 e. The highest BCUT2D eigenvalue weighted by Crippen LogP contribution is 2.26. The third kappa shape index (κ3) is 2.98. The zero-order chi connectivity index (χ0) is 13.2. The zero-order valence-electron chi connectivity index (χ0n) is 10.4. The minimum atomic E-state index is 0.00624. The van der Waals surface area contributed by atoms with E-state index in [9.17, 15) is 4.79 Å². The van der Waals surface area contributed by atoms with E-state index in [1.807, 2.05) is 6.92 Å². The van der Waals surface area contributed by atoms with Gasteiger partial charge in [0.05, 0.1) is 17.6 Å². The molecule has 3 rings (SSSR count). The Bertz CT molecular complexity index is 589. The summed E-state index contributed by atoms with van der Waals surface area (Å²) in [6.45, 7) is 1.83. The molecule has 0 atom stereocenters. The van der Waals surface area contributed by atoms with Gasteiger partial charge in [-0.05, 0) is 25.8 Å². The number of aromatic nitrogens is 2. The molecule has 2 heterocycles. The molecule has 0 saturated heterocycles. The van der Waals surface area contributed by atoms with Gasteiger partial charge in [0, 0.05) is 6.04 Å². The predicted molar refractivity (Wildman–Crippen MR) is 68.6 cm³/mol. The fourth-order valence-corrected chi connectivity index (χ4v) is 2.18. The van der Waals surface area contributed by atoms with Gasteiger partial charge in [0.1, 0.15) is 5.76 Å². The molecule has 0 aromatic carbocycles. The average Bonchev–Trinajstić information content (AvgIpc) is 2.90. The van der Waals surface area contributed by atoms with Crippen LogP contribution >= 0.6 is 11.8 Å². The normalized spacial score (nSPS) is 14.6. The van der Waals surface area contributed by atoms with E-state index in [4.69, 9.17) is 8.83 Å². The number of carbonyl (C=O) groups is 1. The summed E-state index contributed by atoms with van der Waals surface area (Å²) < 4.78 is 10.7. The second-order valence-corrected chi connectivity index (χ2v) is 5.32. The SMILES string of the molecule is Cc1occc1-c1nnc(SCC(=O)NC2CC2)o1. The van der Waals surface area contributed by atoms with Crippen molar-refractivity contribution in [3.05, 3.63) is 18.1 Å². The fraction of sp³-hybridized carbons (Fsp3) is 0.417. The van der Waals surface area contributed by atoms with Gasteiger partial charge in [-0.2, -0.15) is 0 Å². The highest BCUT2D eigenvalue weighted by atomic mass is 32.2. The van der Waals surface area contributed by atoms with Gasteiger partial charge in [-0.1, -0.05) is 11.8 Å². The van der Waals surface area contributed by atoms with Crippen molar-refractivity contribution < 1.29 is 13.6 Å². The molecular formula is C12H13N3O3S. The van der Waals surface area contributed by atoms with Crippen molar-refractivity contribution in [2.45, 2.75) is 31.0 Å². The highest BCUT2D eigenvalue weighted by molar-refractivity contribution is 7.99. The molecule has 1 saturated carbocycles. The van der Waals surface area contributed by atoms with Crippen molar-refractivity contribution >= 4 is 17.7 Å². The van der Waals surface area contributed by atoms with Gasteiger partial charge in [0.25, 0.3) is 11.1 Å². The van der Waals surface area contributed by atoms with E-state index in [-0.39, 0.29) is 5.91 Å². The number of nitrogens with zero attached hydrogens (tertiary/aromatic N) is 2. The van der Waals surface area contributed by atoms with Gasteiger partial charge in [0.15, 0.2) is 0 Å². The van der Waals surface area contributed by atoms with Crippen LogP contribution in [0.2, 0.25) is 0 Å². The number of hydrogen-bond acceptors (Lipinski definition) is 6. The molecule has 100 valence electrons. The number of furan rings is 1. The van der Waals surface area contributed by atoms with E-state index < -0.39 is 0 Å². The summed E-state index contributed by atoms with van der Waals surface area (Å²) in [6, 6.07) is 2.15. The summed E-state index contributed by atoms with van der Waals surface area (Å²) in [4.78, 5) is 11.5. The molecule has 0 radical (unpaired) electrons. The van der Waals surface area contributed by atoms with Gasteiger partial charge < -0.3 is 14.2 Å². The lowest BCUT2D eigenvalue weighted by Crippen LogP contribution is -2.26. The molecule has 6 nitrogen and oxygen atoms in total. The van der Waals surface area contributed by atoms with Crippen molar-refractivity contribution in [1.82, 2.24) is 15.5 Å². The Hall–Kier alpha value is -1.76. The Balaban J connectivity index is 1.58. The maximum Gasteiger partial charge on any atom is 0.277 e. The van der Waals surface area contributed by atoms with Crippen LogP contribution in [0.5, 0.6) is 0 Å². The standard InChI is InChI=1S/C12H13N3O3S/c1-7-9(4-5-17-7)11-14-15-12(18-11)19-6-10(16)13-8-2-3-8/h4-5,8H,2-3,6H2,1H3,(H,13,16). The monoisotopic (exact) mass is 279 g/mol. The van der Waals surface area contributed by atoms with E-state index in [0.717, 1.165) is 24.2 Å². The first-order valence-corrected chi connectivity index (χ1v) is 7.01. The van der Waals surface area contributed by atoms with Crippen LogP contribution in [0.3, 0.4) is 0 Å². The van der Waals surface area contributed by atoms with Crippen molar-refractivity contribution in [1.29, 1.82) is 0 Å². The maximum absolute atomic E-state index is 11.5.